The van der Waals surface area contributed by atoms with Gasteiger partial charge in [-0.25, -0.2) is 0 Å². The van der Waals surface area contributed by atoms with Gasteiger partial charge in [0.25, 0.3) is 0 Å². The summed E-state index contributed by atoms with van der Waals surface area (Å²) in [5, 5.41) is 0. The zero-order valence-corrected chi connectivity index (χ0v) is 11.7. The molecule has 0 heterocycles. The van der Waals surface area contributed by atoms with Gasteiger partial charge in [-0.05, 0) is 37.8 Å². The molecule has 2 atom stereocenters. The molecule has 0 radical (unpaired) electrons. The molecule has 2 heteroatoms. The topological polar surface area (TPSA) is 29.3 Å². The summed E-state index contributed by atoms with van der Waals surface area (Å²) >= 11 is 0. The fraction of sp³-hybridized carbons (Fsp3) is 0.625. The van der Waals surface area contributed by atoms with Crippen LogP contribution in [0, 0.1) is 5.92 Å². The van der Waals surface area contributed by atoms with Gasteiger partial charge in [0.1, 0.15) is 0 Å². The van der Waals surface area contributed by atoms with Crippen LogP contribution >= 0.6 is 0 Å². The quantitative estimate of drug-likeness (QED) is 0.835. The highest BCUT2D eigenvalue weighted by molar-refractivity contribution is 5.20. The molecule has 1 aliphatic rings. The molecular weight excluding hydrogens is 220 g/mol. The van der Waals surface area contributed by atoms with Crippen LogP contribution in [-0.2, 0) is 0 Å². The number of hydrogen-bond donors (Lipinski definition) is 1. The Labute approximate surface area is 111 Å². The maximum atomic E-state index is 6.24. The van der Waals surface area contributed by atoms with Crippen LogP contribution in [0.15, 0.2) is 30.3 Å². The molecule has 1 aliphatic carbocycles. The summed E-state index contributed by atoms with van der Waals surface area (Å²) in [5.41, 5.74) is 7.59. The fourth-order valence-electron chi connectivity index (χ4n) is 2.94. The molecule has 18 heavy (non-hydrogen) atoms. The van der Waals surface area contributed by atoms with Crippen molar-refractivity contribution in [2.75, 3.05) is 13.1 Å². The number of nitrogens with two attached hydrogens (primary N) is 1. The second-order valence-electron chi connectivity index (χ2n) is 5.60. The van der Waals surface area contributed by atoms with Crippen LogP contribution in [0.2, 0.25) is 0 Å². The largest absolute Gasteiger partial charge is 0.326 e. The molecular formula is C16H26N2. The number of benzene rings is 1. The van der Waals surface area contributed by atoms with Crippen molar-refractivity contribution in [2.24, 2.45) is 11.7 Å². The summed E-state index contributed by atoms with van der Waals surface area (Å²) in [6.45, 7) is 6.66. The number of rotatable bonds is 6. The summed E-state index contributed by atoms with van der Waals surface area (Å²) in [6.07, 6.45) is 4.21. The van der Waals surface area contributed by atoms with Gasteiger partial charge in [-0.2, -0.15) is 0 Å². The van der Waals surface area contributed by atoms with Gasteiger partial charge in [-0.15, -0.1) is 0 Å². The highest BCUT2D eigenvalue weighted by Gasteiger charge is 2.27. The molecule has 0 bridgehead atoms. The number of nitrogens with zero attached hydrogens (tertiary/aromatic N) is 1. The molecule has 1 aromatic carbocycles. The van der Waals surface area contributed by atoms with Crippen molar-refractivity contribution in [3.8, 4) is 0 Å². The SMILES string of the molecule is CCN(CC1CCC1)C(c1ccccc1)C(C)N. The average molecular weight is 246 g/mol. The molecule has 0 spiro atoms. The van der Waals surface area contributed by atoms with E-state index >= 15 is 0 Å². The van der Waals surface area contributed by atoms with Crippen LogP contribution in [0.5, 0.6) is 0 Å². The van der Waals surface area contributed by atoms with Crippen LogP contribution in [0.25, 0.3) is 0 Å². The third-order valence-electron chi connectivity index (χ3n) is 4.16. The van der Waals surface area contributed by atoms with Crippen molar-refractivity contribution in [1.29, 1.82) is 0 Å². The zero-order valence-electron chi connectivity index (χ0n) is 11.7. The third-order valence-corrected chi connectivity index (χ3v) is 4.16. The lowest BCUT2D eigenvalue weighted by Gasteiger charge is -2.38. The summed E-state index contributed by atoms with van der Waals surface area (Å²) in [4.78, 5) is 2.56. The van der Waals surface area contributed by atoms with Gasteiger partial charge in [0.2, 0.25) is 0 Å². The van der Waals surface area contributed by atoms with E-state index < -0.39 is 0 Å². The van der Waals surface area contributed by atoms with Crippen molar-refractivity contribution >= 4 is 0 Å². The number of likely N-dealkylation sites (N-methyl/N-ethyl adjacent to an activating group) is 1. The van der Waals surface area contributed by atoms with E-state index in [1.807, 2.05) is 0 Å². The Morgan fingerprint density at radius 3 is 2.39 bits per heavy atom. The van der Waals surface area contributed by atoms with E-state index in [9.17, 15) is 0 Å². The Balaban J connectivity index is 2.11. The Bertz CT molecular complexity index is 343. The molecule has 2 unspecified atom stereocenters. The summed E-state index contributed by atoms with van der Waals surface area (Å²) < 4.78 is 0. The lowest BCUT2D eigenvalue weighted by atomic mass is 9.84. The van der Waals surface area contributed by atoms with Crippen LogP contribution in [-0.4, -0.2) is 24.0 Å². The predicted octanol–water partition coefficient (Wildman–Crippen LogP) is 3.20. The van der Waals surface area contributed by atoms with E-state index in [4.69, 9.17) is 5.73 Å². The van der Waals surface area contributed by atoms with Gasteiger partial charge in [0.05, 0.1) is 0 Å². The van der Waals surface area contributed by atoms with E-state index in [1.165, 1.54) is 31.4 Å². The minimum absolute atomic E-state index is 0.174. The van der Waals surface area contributed by atoms with Crippen LogP contribution in [0.1, 0.15) is 44.7 Å². The van der Waals surface area contributed by atoms with Gasteiger partial charge in [0.15, 0.2) is 0 Å². The van der Waals surface area contributed by atoms with Gasteiger partial charge in [-0.3, -0.25) is 4.90 Å². The standard InChI is InChI=1S/C16H26N2/c1-3-18(12-14-8-7-9-14)16(13(2)17)15-10-5-4-6-11-15/h4-6,10-11,13-14,16H,3,7-9,12,17H2,1-2H3. The highest BCUT2D eigenvalue weighted by atomic mass is 15.2. The monoisotopic (exact) mass is 246 g/mol. The Hall–Kier alpha value is -0.860. The summed E-state index contributed by atoms with van der Waals surface area (Å²) in [6, 6.07) is 11.2. The second-order valence-corrected chi connectivity index (χ2v) is 5.60. The molecule has 100 valence electrons. The first-order chi connectivity index (χ1) is 8.72. The molecule has 2 nitrogen and oxygen atoms in total. The molecule has 2 rings (SSSR count). The lowest BCUT2D eigenvalue weighted by molar-refractivity contribution is 0.125. The summed E-state index contributed by atoms with van der Waals surface area (Å²) in [7, 11) is 0. The molecule has 0 amide bonds. The van der Waals surface area contributed by atoms with E-state index in [2.05, 4.69) is 49.1 Å². The first-order valence-corrected chi connectivity index (χ1v) is 7.27. The van der Waals surface area contributed by atoms with Crippen molar-refractivity contribution in [3.63, 3.8) is 0 Å². The second kappa shape index (κ2) is 6.35. The molecule has 2 N–H and O–H groups in total. The minimum atomic E-state index is 0.174. The molecule has 1 saturated carbocycles. The molecule has 0 aromatic heterocycles. The zero-order chi connectivity index (χ0) is 13.0. The van der Waals surface area contributed by atoms with Crippen molar-refractivity contribution in [2.45, 2.75) is 45.2 Å². The third kappa shape index (κ3) is 3.12. The number of hydrogen-bond acceptors (Lipinski definition) is 2. The lowest BCUT2D eigenvalue weighted by Crippen LogP contribution is -2.42. The molecule has 0 saturated heterocycles. The fourth-order valence-corrected chi connectivity index (χ4v) is 2.94. The highest BCUT2D eigenvalue weighted by Crippen LogP contribution is 2.31. The van der Waals surface area contributed by atoms with Crippen LogP contribution in [0.3, 0.4) is 0 Å². The maximum absolute atomic E-state index is 6.24. The van der Waals surface area contributed by atoms with Crippen LogP contribution in [0.4, 0.5) is 0 Å². The van der Waals surface area contributed by atoms with Crippen molar-refractivity contribution in [1.82, 2.24) is 4.90 Å². The average Bonchev–Trinajstić information content (AvgIpc) is 2.32. The van der Waals surface area contributed by atoms with E-state index in [0.29, 0.717) is 6.04 Å². The van der Waals surface area contributed by atoms with E-state index in [0.717, 1.165) is 12.5 Å². The van der Waals surface area contributed by atoms with Gasteiger partial charge < -0.3 is 5.73 Å². The first-order valence-electron chi connectivity index (χ1n) is 7.27. The van der Waals surface area contributed by atoms with Crippen molar-refractivity contribution in [3.05, 3.63) is 35.9 Å². The maximum Gasteiger partial charge on any atom is 0.0496 e. The molecule has 1 fully saturated rings. The predicted molar refractivity (Wildman–Crippen MR) is 77.4 cm³/mol. The van der Waals surface area contributed by atoms with Gasteiger partial charge in [-0.1, -0.05) is 43.7 Å². The Morgan fingerprint density at radius 2 is 1.94 bits per heavy atom. The minimum Gasteiger partial charge on any atom is -0.326 e. The Morgan fingerprint density at radius 1 is 1.28 bits per heavy atom. The summed E-state index contributed by atoms with van der Waals surface area (Å²) in [5.74, 6) is 0.898. The normalized spacial score (nSPS) is 19.6. The Kier molecular flexibility index (Phi) is 4.79. The molecule has 1 aromatic rings. The van der Waals surface area contributed by atoms with Gasteiger partial charge in [0, 0.05) is 18.6 Å². The van der Waals surface area contributed by atoms with E-state index in [-0.39, 0.29) is 6.04 Å². The van der Waals surface area contributed by atoms with Crippen molar-refractivity contribution < 1.29 is 0 Å². The molecule has 0 aliphatic heterocycles. The van der Waals surface area contributed by atoms with Gasteiger partial charge >= 0.3 is 0 Å². The first kappa shape index (κ1) is 13.6. The van der Waals surface area contributed by atoms with Crippen LogP contribution < -0.4 is 5.73 Å². The smallest absolute Gasteiger partial charge is 0.0496 e. The van der Waals surface area contributed by atoms with E-state index in [1.54, 1.807) is 0 Å².